The van der Waals surface area contributed by atoms with Gasteiger partial charge in [-0.25, -0.2) is 4.39 Å². The Labute approximate surface area is 117 Å². The smallest absolute Gasteiger partial charge is 0.256 e. The molecule has 1 N–H and O–H groups in total. The van der Waals surface area contributed by atoms with Gasteiger partial charge in [-0.05, 0) is 38.4 Å². The largest absolute Gasteiger partial charge is 0.337 e. The quantitative estimate of drug-likeness (QED) is 0.922. The first kappa shape index (κ1) is 14.3. The molecule has 1 aromatic rings. The number of likely N-dealkylation sites (N-methyl/N-ethyl adjacent to an activating group) is 1. The van der Waals surface area contributed by atoms with Gasteiger partial charge in [0, 0.05) is 19.1 Å². The molecule has 3 nitrogen and oxygen atoms in total. The van der Waals surface area contributed by atoms with Crippen molar-refractivity contribution >= 4 is 17.5 Å². The maximum Gasteiger partial charge on any atom is 0.256 e. The average Bonchev–Trinajstić information content (AvgIpc) is 2.91. The van der Waals surface area contributed by atoms with Crippen LogP contribution < -0.4 is 5.32 Å². The van der Waals surface area contributed by atoms with E-state index >= 15 is 0 Å². The number of rotatable bonds is 4. The maximum absolute atomic E-state index is 13.9. The minimum Gasteiger partial charge on any atom is -0.337 e. The summed E-state index contributed by atoms with van der Waals surface area (Å²) in [4.78, 5) is 14.0. The van der Waals surface area contributed by atoms with Gasteiger partial charge in [0.2, 0.25) is 0 Å². The molecule has 1 aliphatic rings. The fourth-order valence-corrected chi connectivity index (χ4v) is 2.55. The summed E-state index contributed by atoms with van der Waals surface area (Å²) in [5.41, 5.74) is 0.0485. The van der Waals surface area contributed by atoms with E-state index in [4.69, 9.17) is 11.6 Å². The Morgan fingerprint density at radius 3 is 3.00 bits per heavy atom. The molecule has 1 aliphatic heterocycles. The predicted octanol–water partition coefficient (Wildman–Crippen LogP) is 2.69. The lowest BCUT2D eigenvalue weighted by atomic mass is 10.1. The lowest BCUT2D eigenvalue weighted by Crippen LogP contribution is -2.41. The number of nitrogens with one attached hydrogen (secondary N) is 1. The molecule has 1 unspecified atom stereocenters. The zero-order valence-electron chi connectivity index (χ0n) is 11.0. The molecule has 0 radical (unpaired) electrons. The van der Waals surface area contributed by atoms with Crippen LogP contribution >= 0.6 is 11.6 Å². The fraction of sp³-hybridized carbons (Fsp3) is 0.500. The van der Waals surface area contributed by atoms with Crippen molar-refractivity contribution in [3.05, 3.63) is 34.6 Å². The number of benzene rings is 1. The van der Waals surface area contributed by atoms with Crippen LogP contribution in [0.2, 0.25) is 5.02 Å². The monoisotopic (exact) mass is 284 g/mol. The number of hydrogen-bond acceptors (Lipinski definition) is 2. The molecule has 1 atom stereocenters. The summed E-state index contributed by atoms with van der Waals surface area (Å²) in [6.07, 6.45) is 2.18. The summed E-state index contributed by atoms with van der Waals surface area (Å²) >= 11 is 5.72. The Kier molecular flexibility index (Phi) is 4.77. The van der Waals surface area contributed by atoms with E-state index < -0.39 is 5.82 Å². The van der Waals surface area contributed by atoms with Crippen LogP contribution in [0.15, 0.2) is 18.2 Å². The molecular weight excluding hydrogens is 267 g/mol. The van der Waals surface area contributed by atoms with E-state index in [2.05, 4.69) is 5.32 Å². The van der Waals surface area contributed by atoms with Gasteiger partial charge in [0.25, 0.3) is 5.91 Å². The van der Waals surface area contributed by atoms with Gasteiger partial charge in [-0.3, -0.25) is 4.79 Å². The van der Waals surface area contributed by atoms with Crippen LogP contribution in [0, 0.1) is 5.82 Å². The standard InChI is InChI=1S/C14H18ClFN2O/c1-2-18(9-10-5-4-8-17-10)14(19)11-6-3-7-12(15)13(11)16/h3,6-7,10,17H,2,4-5,8-9H2,1H3. The van der Waals surface area contributed by atoms with Crippen molar-refractivity contribution in [2.75, 3.05) is 19.6 Å². The summed E-state index contributed by atoms with van der Waals surface area (Å²) in [6.45, 7) is 4.06. The molecule has 19 heavy (non-hydrogen) atoms. The van der Waals surface area contributed by atoms with Crippen LogP contribution in [-0.2, 0) is 0 Å². The van der Waals surface area contributed by atoms with E-state index in [-0.39, 0.29) is 16.5 Å². The van der Waals surface area contributed by atoms with E-state index in [0.29, 0.717) is 19.1 Å². The third-order valence-electron chi connectivity index (χ3n) is 3.45. The number of hydrogen-bond donors (Lipinski definition) is 1. The third-order valence-corrected chi connectivity index (χ3v) is 3.75. The number of halogens is 2. The van der Waals surface area contributed by atoms with E-state index in [1.807, 2.05) is 6.92 Å². The second kappa shape index (κ2) is 6.35. The second-order valence-corrected chi connectivity index (χ2v) is 5.15. The van der Waals surface area contributed by atoms with Crippen LogP contribution in [-0.4, -0.2) is 36.5 Å². The topological polar surface area (TPSA) is 32.3 Å². The molecule has 1 fully saturated rings. The van der Waals surface area contributed by atoms with Crippen molar-refractivity contribution in [3.63, 3.8) is 0 Å². The van der Waals surface area contributed by atoms with E-state index in [1.165, 1.54) is 12.1 Å². The van der Waals surface area contributed by atoms with Gasteiger partial charge in [0.1, 0.15) is 0 Å². The van der Waals surface area contributed by atoms with Crippen LogP contribution in [0.5, 0.6) is 0 Å². The van der Waals surface area contributed by atoms with Gasteiger partial charge < -0.3 is 10.2 Å². The molecule has 1 saturated heterocycles. The fourth-order valence-electron chi connectivity index (χ4n) is 2.37. The molecule has 2 rings (SSSR count). The van der Waals surface area contributed by atoms with Crippen molar-refractivity contribution in [1.29, 1.82) is 0 Å². The van der Waals surface area contributed by atoms with E-state index in [0.717, 1.165) is 19.4 Å². The van der Waals surface area contributed by atoms with E-state index in [1.54, 1.807) is 11.0 Å². The molecule has 1 heterocycles. The number of amides is 1. The third kappa shape index (κ3) is 3.25. The minimum atomic E-state index is -0.632. The summed E-state index contributed by atoms with van der Waals surface area (Å²) in [6, 6.07) is 4.84. The van der Waals surface area contributed by atoms with Gasteiger partial charge in [0.05, 0.1) is 10.6 Å². The van der Waals surface area contributed by atoms with Gasteiger partial charge in [-0.1, -0.05) is 17.7 Å². The highest BCUT2D eigenvalue weighted by Gasteiger charge is 2.23. The number of carbonyl (C=O) groups excluding carboxylic acids is 1. The normalized spacial score (nSPS) is 18.6. The highest BCUT2D eigenvalue weighted by Crippen LogP contribution is 2.20. The molecule has 0 aliphatic carbocycles. The molecule has 1 aromatic carbocycles. The maximum atomic E-state index is 13.9. The van der Waals surface area contributed by atoms with Crippen molar-refractivity contribution < 1.29 is 9.18 Å². The van der Waals surface area contributed by atoms with Crippen LogP contribution in [0.1, 0.15) is 30.1 Å². The van der Waals surface area contributed by atoms with Crippen molar-refractivity contribution in [2.24, 2.45) is 0 Å². The lowest BCUT2D eigenvalue weighted by molar-refractivity contribution is 0.0746. The summed E-state index contributed by atoms with van der Waals surface area (Å²) < 4.78 is 13.9. The van der Waals surface area contributed by atoms with Gasteiger partial charge in [0.15, 0.2) is 5.82 Å². The SMILES string of the molecule is CCN(CC1CCCN1)C(=O)c1cccc(Cl)c1F. The highest BCUT2D eigenvalue weighted by molar-refractivity contribution is 6.31. The molecule has 0 aromatic heterocycles. The first-order valence-corrected chi connectivity index (χ1v) is 6.98. The van der Waals surface area contributed by atoms with Gasteiger partial charge in [-0.15, -0.1) is 0 Å². The van der Waals surface area contributed by atoms with Crippen molar-refractivity contribution in [1.82, 2.24) is 10.2 Å². The Morgan fingerprint density at radius 1 is 1.58 bits per heavy atom. The van der Waals surface area contributed by atoms with Crippen molar-refractivity contribution in [3.8, 4) is 0 Å². The predicted molar refractivity (Wildman–Crippen MR) is 74.0 cm³/mol. The summed E-state index contributed by atoms with van der Waals surface area (Å²) in [5.74, 6) is -0.928. The Hall–Kier alpha value is -1.13. The summed E-state index contributed by atoms with van der Waals surface area (Å²) in [5, 5.41) is 3.33. The Bertz CT molecular complexity index is 461. The van der Waals surface area contributed by atoms with Crippen LogP contribution in [0.25, 0.3) is 0 Å². The molecule has 1 amide bonds. The molecular formula is C14H18ClFN2O. The zero-order valence-corrected chi connectivity index (χ0v) is 11.7. The van der Waals surface area contributed by atoms with Crippen LogP contribution in [0.4, 0.5) is 4.39 Å². The van der Waals surface area contributed by atoms with Crippen LogP contribution in [0.3, 0.4) is 0 Å². The molecule has 0 spiro atoms. The molecule has 104 valence electrons. The molecule has 5 heteroatoms. The number of carbonyl (C=O) groups is 1. The lowest BCUT2D eigenvalue weighted by Gasteiger charge is -2.24. The molecule has 0 bridgehead atoms. The van der Waals surface area contributed by atoms with Gasteiger partial charge >= 0.3 is 0 Å². The summed E-state index contributed by atoms with van der Waals surface area (Å²) in [7, 11) is 0. The molecule has 0 saturated carbocycles. The average molecular weight is 285 g/mol. The van der Waals surface area contributed by atoms with E-state index in [9.17, 15) is 9.18 Å². The Balaban J connectivity index is 2.13. The minimum absolute atomic E-state index is 0.0131. The second-order valence-electron chi connectivity index (χ2n) is 4.74. The van der Waals surface area contributed by atoms with Crippen molar-refractivity contribution in [2.45, 2.75) is 25.8 Å². The zero-order chi connectivity index (χ0) is 13.8. The van der Waals surface area contributed by atoms with Gasteiger partial charge in [-0.2, -0.15) is 0 Å². The highest BCUT2D eigenvalue weighted by atomic mass is 35.5. The first-order chi connectivity index (χ1) is 9.13. The Morgan fingerprint density at radius 2 is 2.37 bits per heavy atom. The first-order valence-electron chi connectivity index (χ1n) is 6.60. The number of nitrogens with zero attached hydrogens (tertiary/aromatic N) is 1.